The molecule has 0 aliphatic carbocycles. The molecule has 0 saturated heterocycles. The molecule has 0 aliphatic rings. The van der Waals surface area contributed by atoms with Gasteiger partial charge in [-0.15, -0.1) is 11.3 Å². The van der Waals surface area contributed by atoms with Gasteiger partial charge in [0.1, 0.15) is 17.3 Å². The van der Waals surface area contributed by atoms with Gasteiger partial charge in [-0.1, -0.05) is 42.5 Å². The molecule has 3 heterocycles. The van der Waals surface area contributed by atoms with Crippen LogP contribution in [0, 0.1) is 5.82 Å². The lowest BCUT2D eigenvalue weighted by molar-refractivity contribution is 0.0945. The van der Waals surface area contributed by atoms with Crippen LogP contribution in [0.15, 0.2) is 78.3 Å². The summed E-state index contributed by atoms with van der Waals surface area (Å²) in [6, 6.07) is 20.4. The number of imidazole rings is 1. The number of rotatable bonds is 15. The Balaban J connectivity index is 1.11. The summed E-state index contributed by atoms with van der Waals surface area (Å²) in [5, 5.41) is 11.1. The van der Waals surface area contributed by atoms with E-state index in [2.05, 4.69) is 35.8 Å². The average molecular weight is 615 g/mol. The predicted molar refractivity (Wildman–Crippen MR) is 169 cm³/mol. The summed E-state index contributed by atoms with van der Waals surface area (Å²) in [6.07, 6.45) is 3.67. The Morgan fingerprint density at radius 2 is 1.68 bits per heavy atom. The Bertz CT molecular complexity index is 1630. The zero-order valence-electron chi connectivity index (χ0n) is 24.3. The lowest BCUT2D eigenvalue weighted by Gasteiger charge is -2.21. The number of thiazole rings is 1. The summed E-state index contributed by atoms with van der Waals surface area (Å²) < 4.78 is 13.8. The van der Waals surface area contributed by atoms with Crippen LogP contribution in [0.2, 0.25) is 0 Å². The molecule has 4 N–H and O–H groups in total. The highest BCUT2D eigenvalue weighted by molar-refractivity contribution is 7.09. The van der Waals surface area contributed by atoms with Gasteiger partial charge in [0.15, 0.2) is 0 Å². The van der Waals surface area contributed by atoms with Gasteiger partial charge in [0.25, 0.3) is 5.91 Å². The molecular weight excluding hydrogens is 579 g/mol. The third-order valence-electron chi connectivity index (χ3n) is 7.01. The highest BCUT2D eigenvalue weighted by Crippen LogP contribution is 2.14. The number of pyridine rings is 1. The molecular formula is C32H35FN8O2S. The third kappa shape index (κ3) is 9.16. The molecule has 228 valence electrons. The molecule has 0 unspecified atom stereocenters. The minimum atomic E-state index is -0.461. The summed E-state index contributed by atoms with van der Waals surface area (Å²) in [5.41, 5.74) is 3.49. The van der Waals surface area contributed by atoms with E-state index in [1.807, 2.05) is 54.6 Å². The Labute approximate surface area is 259 Å². The highest BCUT2D eigenvalue weighted by atomic mass is 32.1. The molecule has 0 atom stereocenters. The van der Waals surface area contributed by atoms with Gasteiger partial charge in [0.05, 0.1) is 28.3 Å². The molecule has 0 fully saturated rings. The molecule has 3 amide bonds. The van der Waals surface area contributed by atoms with Gasteiger partial charge in [-0.3, -0.25) is 9.78 Å². The normalized spacial score (nSPS) is 11.1. The molecule has 0 radical (unpaired) electrons. The molecule has 44 heavy (non-hydrogen) atoms. The molecule has 5 aromatic rings. The van der Waals surface area contributed by atoms with Crippen LogP contribution in [-0.4, -0.2) is 63.0 Å². The molecule has 2 aromatic carbocycles. The standard InChI is InChI=1S/C32H35FN8O2S/c33-24-10-6-15-34-27(24)21-36-31(42)28-22-44-30(40-28)14-19-41(18-13-29-38-25-11-4-5-12-26(25)39-29)17-7-16-35-32(43)37-20-23-8-2-1-3-9-23/h1-6,8-12,15,22H,7,13-14,16-21H2,(H,36,42)(H,38,39)(H2,35,37,43). The number of benzene rings is 2. The van der Waals surface area contributed by atoms with Gasteiger partial charge in [-0.25, -0.2) is 19.2 Å². The van der Waals surface area contributed by atoms with Gasteiger partial charge in [-0.2, -0.15) is 0 Å². The number of nitrogens with one attached hydrogen (secondary N) is 4. The number of carbonyl (C=O) groups is 2. The predicted octanol–water partition coefficient (Wildman–Crippen LogP) is 4.46. The number of H-pyrrole nitrogens is 1. The number of hydrogen-bond acceptors (Lipinski definition) is 7. The van der Waals surface area contributed by atoms with E-state index in [-0.39, 0.29) is 24.2 Å². The van der Waals surface area contributed by atoms with Crippen molar-refractivity contribution in [3.8, 4) is 0 Å². The maximum Gasteiger partial charge on any atom is 0.315 e. The Morgan fingerprint density at radius 3 is 2.52 bits per heavy atom. The Kier molecular flexibility index (Phi) is 11.0. The number of nitrogens with zero attached hydrogens (tertiary/aromatic N) is 4. The monoisotopic (exact) mass is 614 g/mol. The van der Waals surface area contributed by atoms with Crippen molar-refractivity contribution in [1.82, 2.24) is 40.8 Å². The minimum Gasteiger partial charge on any atom is -0.345 e. The largest absolute Gasteiger partial charge is 0.345 e. The number of halogens is 1. The number of hydrogen-bond donors (Lipinski definition) is 4. The number of carbonyl (C=O) groups excluding carboxylic acids is 2. The molecule has 0 bridgehead atoms. The molecule has 0 aliphatic heterocycles. The van der Waals surface area contributed by atoms with Gasteiger partial charge in [0.2, 0.25) is 0 Å². The fraction of sp³-hybridized carbons (Fsp3) is 0.281. The van der Waals surface area contributed by atoms with Gasteiger partial charge in [-0.05, 0) is 42.8 Å². The van der Waals surface area contributed by atoms with E-state index >= 15 is 0 Å². The SMILES string of the molecule is O=C(NCCCN(CCc1nc2ccccc2[nH]1)CCc1nc(C(=O)NCc2ncccc2F)cs1)NCc1ccccc1. The second kappa shape index (κ2) is 15.7. The molecule has 5 rings (SSSR count). The van der Waals surface area contributed by atoms with Crippen LogP contribution in [0.5, 0.6) is 0 Å². The fourth-order valence-electron chi connectivity index (χ4n) is 4.66. The third-order valence-corrected chi connectivity index (χ3v) is 7.92. The van der Waals surface area contributed by atoms with Crippen LogP contribution >= 0.6 is 11.3 Å². The van der Waals surface area contributed by atoms with Crippen molar-refractivity contribution in [2.24, 2.45) is 0 Å². The van der Waals surface area contributed by atoms with Crippen molar-refractivity contribution in [2.45, 2.75) is 32.4 Å². The van der Waals surface area contributed by atoms with Crippen LogP contribution in [0.25, 0.3) is 11.0 Å². The van der Waals surface area contributed by atoms with E-state index in [1.165, 1.54) is 29.7 Å². The summed E-state index contributed by atoms with van der Waals surface area (Å²) in [7, 11) is 0. The van der Waals surface area contributed by atoms with E-state index in [0.29, 0.717) is 25.2 Å². The molecule has 0 spiro atoms. The average Bonchev–Trinajstić information content (AvgIpc) is 3.70. The van der Waals surface area contributed by atoms with Gasteiger partial charge < -0.3 is 25.8 Å². The topological polar surface area (TPSA) is 128 Å². The number of amides is 3. The number of aromatic nitrogens is 4. The molecule has 12 heteroatoms. The minimum absolute atomic E-state index is 0.00769. The van der Waals surface area contributed by atoms with Crippen LogP contribution in [-0.2, 0) is 25.9 Å². The van der Waals surface area contributed by atoms with E-state index in [1.54, 1.807) is 5.38 Å². The molecule has 3 aromatic heterocycles. The fourth-order valence-corrected chi connectivity index (χ4v) is 5.42. The number of urea groups is 1. The van der Waals surface area contributed by atoms with Crippen molar-refractivity contribution < 1.29 is 14.0 Å². The number of para-hydroxylation sites is 2. The summed E-state index contributed by atoms with van der Waals surface area (Å²) in [6.45, 7) is 3.28. The van der Waals surface area contributed by atoms with Crippen molar-refractivity contribution in [1.29, 1.82) is 0 Å². The number of fused-ring (bicyclic) bond motifs is 1. The molecule has 0 saturated carbocycles. The van der Waals surface area contributed by atoms with Crippen molar-refractivity contribution in [3.63, 3.8) is 0 Å². The summed E-state index contributed by atoms with van der Waals surface area (Å²) in [5.74, 6) is 0.0978. The van der Waals surface area contributed by atoms with E-state index in [9.17, 15) is 14.0 Å². The lowest BCUT2D eigenvalue weighted by Crippen LogP contribution is -2.37. The first-order valence-corrected chi connectivity index (χ1v) is 15.4. The second-order valence-corrected chi connectivity index (χ2v) is 11.2. The summed E-state index contributed by atoms with van der Waals surface area (Å²) >= 11 is 1.43. The van der Waals surface area contributed by atoms with Crippen molar-refractivity contribution >= 4 is 34.3 Å². The van der Waals surface area contributed by atoms with Crippen LogP contribution in [0.1, 0.15) is 39.0 Å². The van der Waals surface area contributed by atoms with Gasteiger partial charge >= 0.3 is 6.03 Å². The first-order valence-electron chi connectivity index (χ1n) is 14.6. The first-order chi connectivity index (χ1) is 21.5. The summed E-state index contributed by atoms with van der Waals surface area (Å²) in [4.78, 5) is 43.7. The maximum atomic E-state index is 13.8. The van der Waals surface area contributed by atoms with Crippen LogP contribution in [0.4, 0.5) is 9.18 Å². The zero-order chi connectivity index (χ0) is 30.6. The van der Waals surface area contributed by atoms with Crippen LogP contribution in [0.3, 0.4) is 0 Å². The lowest BCUT2D eigenvalue weighted by atomic mass is 10.2. The quantitative estimate of drug-likeness (QED) is 0.129. The Hall–Kier alpha value is -4.68. The Morgan fingerprint density at radius 1 is 0.864 bits per heavy atom. The van der Waals surface area contributed by atoms with Crippen molar-refractivity contribution in [3.05, 3.63) is 112 Å². The number of aromatic amines is 1. The highest BCUT2D eigenvalue weighted by Gasteiger charge is 2.14. The smallest absolute Gasteiger partial charge is 0.315 e. The zero-order valence-corrected chi connectivity index (χ0v) is 25.1. The maximum absolute atomic E-state index is 13.8. The first kappa shape index (κ1) is 30.8. The van der Waals surface area contributed by atoms with Crippen LogP contribution < -0.4 is 16.0 Å². The van der Waals surface area contributed by atoms with E-state index in [4.69, 9.17) is 4.98 Å². The van der Waals surface area contributed by atoms with Gasteiger partial charge in [0, 0.05) is 50.6 Å². The van der Waals surface area contributed by atoms with E-state index < -0.39 is 5.82 Å². The second-order valence-electron chi connectivity index (χ2n) is 10.2. The molecule has 10 nitrogen and oxygen atoms in total. The van der Waals surface area contributed by atoms with Crippen molar-refractivity contribution in [2.75, 3.05) is 26.2 Å². The van der Waals surface area contributed by atoms with E-state index in [0.717, 1.165) is 59.9 Å².